The lowest BCUT2D eigenvalue weighted by molar-refractivity contribution is 0.275. The predicted molar refractivity (Wildman–Crippen MR) is 72.4 cm³/mol. The number of ether oxygens (including phenoxy) is 1. The third-order valence-electron chi connectivity index (χ3n) is 2.93. The van der Waals surface area contributed by atoms with E-state index in [1.807, 2.05) is 13.8 Å². The van der Waals surface area contributed by atoms with Crippen molar-refractivity contribution in [2.45, 2.75) is 26.4 Å². The Balaban J connectivity index is 2.19. The highest BCUT2D eigenvalue weighted by Gasteiger charge is 2.17. The van der Waals surface area contributed by atoms with E-state index in [4.69, 9.17) is 10.5 Å². The molecule has 0 amide bonds. The molecule has 0 aliphatic rings. The van der Waals surface area contributed by atoms with Crippen molar-refractivity contribution in [2.75, 3.05) is 5.73 Å². The van der Waals surface area contributed by atoms with Crippen LogP contribution >= 0.6 is 0 Å². The highest BCUT2D eigenvalue weighted by atomic mass is 19.1. The van der Waals surface area contributed by atoms with E-state index in [1.165, 1.54) is 6.07 Å². The largest absolute Gasteiger partial charge is 0.471 e. The first kappa shape index (κ1) is 13.4. The van der Waals surface area contributed by atoms with Crippen LogP contribution < -0.4 is 10.5 Å². The molecule has 0 saturated carbocycles. The van der Waals surface area contributed by atoms with E-state index < -0.39 is 0 Å². The summed E-state index contributed by atoms with van der Waals surface area (Å²) in [6.45, 7) is 4.16. The number of anilines is 1. The van der Waals surface area contributed by atoms with Crippen LogP contribution in [0.3, 0.4) is 0 Å². The van der Waals surface area contributed by atoms with Crippen molar-refractivity contribution in [1.82, 2.24) is 9.78 Å². The van der Waals surface area contributed by atoms with Crippen LogP contribution in [0.25, 0.3) is 0 Å². The number of hydrogen-bond acceptors (Lipinski definition) is 3. The third kappa shape index (κ3) is 2.70. The van der Waals surface area contributed by atoms with Gasteiger partial charge in [-0.25, -0.2) is 9.07 Å². The number of benzene rings is 1. The first-order valence-electron chi connectivity index (χ1n) is 6.19. The molecule has 5 heteroatoms. The zero-order chi connectivity index (χ0) is 14.0. The third-order valence-corrected chi connectivity index (χ3v) is 2.93. The van der Waals surface area contributed by atoms with E-state index in [1.54, 1.807) is 29.9 Å². The van der Waals surface area contributed by atoms with Crippen molar-refractivity contribution in [3.8, 4) is 5.88 Å². The quantitative estimate of drug-likeness (QED) is 0.922. The fourth-order valence-electron chi connectivity index (χ4n) is 1.90. The van der Waals surface area contributed by atoms with E-state index in [2.05, 4.69) is 5.10 Å². The fraction of sp³-hybridized carbons (Fsp3) is 0.357. The average molecular weight is 263 g/mol. The number of hydrogen-bond donors (Lipinski definition) is 1. The van der Waals surface area contributed by atoms with Gasteiger partial charge in [-0.2, -0.15) is 5.10 Å². The second-order valence-corrected chi connectivity index (χ2v) is 4.76. The van der Waals surface area contributed by atoms with Gasteiger partial charge in [-0.1, -0.05) is 32.0 Å². The molecule has 0 fully saturated rings. The Hall–Kier alpha value is -2.04. The van der Waals surface area contributed by atoms with Crippen molar-refractivity contribution in [2.24, 2.45) is 7.05 Å². The van der Waals surface area contributed by atoms with Crippen molar-refractivity contribution in [3.63, 3.8) is 0 Å². The Morgan fingerprint density at radius 2 is 2.05 bits per heavy atom. The molecule has 0 aliphatic heterocycles. The molecule has 0 radical (unpaired) electrons. The normalized spacial score (nSPS) is 11.0. The molecule has 2 N–H and O–H groups in total. The molecule has 102 valence electrons. The molecule has 2 rings (SSSR count). The van der Waals surface area contributed by atoms with Gasteiger partial charge < -0.3 is 10.5 Å². The van der Waals surface area contributed by atoms with E-state index in [0.29, 0.717) is 17.1 Å². The Morgan fingerprint density at radius 1 is 1.37 bits per heavy atom. The number of nitrogens with two attached hydrogens (primary N) is 1. The average Bonchev–Trinajstić information content (AvgIpc) is 2.65. The maximum atomic E-state index is 13.5. The van der Waals surface area contributed by atoms with E-state index in [0.717, 1.165) is 5.69 Å². The molecule has 0 unspecified atom stereocenters. The molecule has 0 bridgehead atoms. The van der Waals surface area contributed by atoms with E-state index in [9.17, 15) is 4.39 Å². The van der Waals surface area contributed by atoms with Crippen LogP contribution in [0.1, 0.15) is 31.0 Å². The second kappa shape index (κ2) is 5.30. The molecule has 0 saturated heterocycles. The number of halogens is 1. The summed E-state index contributed by atoms with van der Waals surface area (Å²) in [5.74, 6) is 0.413. The van der Waals surface area contributed by atoms with Gasteiger partial charge in [0.25, 0.3) is 0 Å². The first-order valence-corrected chi connectivity index (χ1v) is 6.19. The summed E-state index contributed by atoms with van der Waals surface area (Å²) >= 11 is 0. The number of nitrogen functional groups attached to an aromatic ring is 1. The van der Waals surface area contributed by atoms with Crippen LogP contribution in [0.2, 0.25) is 0 Å². The second-order valence-electron chi connectivity index (χ2n) is 4.76. The van der Waals surface area contributed by atoms with Gasteiger partial charge in [-0.3, -0.25) is 0 Å². The molecule has 0 spiro atoms. The summed E-state index contributed by atoms with van der Waals surface area (Å²) < 4.78 is 20.7. The summed E-state index contributed by atoms with van der Waals surface area (Å²) in [5.41, 5.74) is 7.82. The lowest BCUT2D eigenvalue weighted by Crippen LogP contribution is -2.04. The van der Waals surface area contributed by atoms with Gasteiger partial charge in [0.2, 0.25) is 5.88 Å². The minimum Gasteiger partial charge on any atom is -0.471 e. The van der Waals surface area contributed by atoms with Gasteiger partial charge in [-0.05, 0) is 12.0 Å². The Bertz CT molecular complexity index is 578. The maximum Gasteiger partial charge on any atom is 0.236 e. The van der Waals surface area contributed by atoms with Gasteiger partial charge in [0.15, 0.2) is 0 Å². The molecule has 19 heavy (non-hydrogen) atoms. The number of aromatic nitrogens is 2. The highest BCUT2D eigenvalue weighted by molar-refractivity contribution is 5.54. The SMILES string of the molecule is CC(C)c1nn(C)c(OCc2ccccc2F)c1N. The van der Waals surface area contributed by atoms with Crippen molar-refractivity contribution in [1.29, 1.82) is 0 Å². The smallest absolute Gasteiger partial charge is 0.236 e. The molecule has 1 aromatic heterocycles. The molecule has 1 aromatic carbocycles. The van der Waals surface area contributed by atoms with Gasteiger partial charge in [0, 0.05) is 12.6 Å². The molecule has 0 atom stereocenters. The van der Waals surface area contributed by atoms with Crippen LogP contribution in [0, 0.1) is 5.82 Å². The van der Waals surface area contributed by atoms with Crippen molar-refractivity contribution < 1.29 is 9.13 Å². The summed E-state index contributed by atoms with van der Waals surface area (Å²) in [4.78, 5) is 0. The molecular weight excluding hydrogens is 245 g/mol. The Labute approximate surface area is 112 Å². The maximum absolute atomic E-state index is 13.5. The van der Waals surface area contributed by atoms with Gasteiger partial charge in [0.05, 0.1) is 5.69 Å². The summed E-state index contributed by atoms with van der Waals surface area (Å²) in [6, 6.07) is 6.51. The molecule has 0 aliphatic carbocycles. The van der Waals surface area contributed by atoms with Crippen LogP contribution in [0.4, 0.5) is 10.1 Å². The highest BCUT2D eigenvalue weighted by Crippen LogP contribution is 2.30. The first-order chi connectivity index (χ1) is 9.00. The standard InChI is InChI=1S/C14H18FN3O/c1-9(2)13-12(16)14(18(3)17-13)19-8-10-6-4-5-7-11(10)15/h4-7,9H,8,16H2,1-3H3. The van der Waals surface area contributed by atoms with Crippen LogP contribution in [0.15, 0.2) is 24.3 Å². The Morgan fingerprint density at radius 3 is 2.63 bits per heavy atom. The topological polar surface area (TPSA) is 53.1 Å². The van der Waals surface area contributed by atoms with E-state index in [-0.39, 0.29) is 18.3 Å². The lowest BCUT2D eigenvalue weighted by Gasteiger charge is -2.08. The molecule has 2 aromatic rings. The van der Waals surface area contributed by atoms with Crippen molar-refractivity contribution in [3.05, 3.63) is 41.3 Å². The minimum absolute atomic E-state index is 0.133. The van der Waals surface area contributed by atoms with Crippen LogP contribution in [-0.4, -0.2) is 9.78 Å². The fourth-order valence-corrected chi connectivity index (χ4v) is 1.90. The van der Waals surface area contributed by atoms with Crippen molar-refractivity contribution >= 4 is 5.69 Å². The molecule has 4 nitrogen and oxygen atoms in total. The predicted octanol–water partition coefficient (Wildman–Crippen LogP) is 2.84. The lowest BCUT2D eigenvalue weighted by atomic mass is 10.1. The van der Waals surface area contributed by atoms with Gasteiger partial charge in [0.1, 0.15) is 18.1 Å². The van der Waals surface area contributed by atoms with Crippen LogP contribution in [0.5, 0.6) is 5.88 Å². The zero-order valence-corrected chi connectivity index (χ0v) is 11.4. The molecule has 1 heterocycles. The number of nitrogens with zero attached hydrogens (tertiary/aromatic N) is 2. The summed E-state index contributed by atoms with van der Waals surface area (Å²) in [6.07, 6.45) is 0. The van der Waals surface area contributed by atoms with E-state index >= 15 is 0 Å². The van der Waals surface area contributed by atoms with Gasteiger partial charge in [-0.15, -0.1) is 0 Å². The zero-order valence-electron chi connectivity index (χ0n) is 11.4. The summed E-state index contributed by atoms with van der Waals surface area (Å²) in [5, 5.41) is 4.32. The Kier molecular flexibility index (Phi) is 3.74. The summed E-state index contributed by atoms with van der Waals surface area (Å²) in [7, 11) is 1.76. The number of rotatable bonds is 4. The van der Waals surface area contributed by atoms with Gasteiger partial charge >= 0.3 is 0 Å². The van der Waals surface area contributed by atoms with Crippen LogP contribution in [-0.2, 0) is 13.7 Å². The number of aryl methyl sites for hydroxylation is 1. The molecular formula is C14H18FN3O. The monoisotopic (exact) mass is 263 g/mol. The minimum atomic E-state index is -0.285.